The zero-order valence-electron chi connectivity index (χ0n) is 8.84. The first-order valence-corrected chi connectivity index (χ1v) is 5.96. The molecule has 86 valence electrons. The van der Waals surface area contributed by atoms with Gasteiger partial charge in [0.1, 0.15) is 4.90 Å². The van der Waals surface area contributed by atoms with Crippen LogP contribution in [0.5, 0.6) is 0 Å². The van der Waals surface area contributed by atoms with Crippen LogP contribution >= 0.6 is 0 Å². The largest absolute Gasteiger partial charge is 0.399 e. The van der Waals surface area contributed by atoms with Gasteiger partial charge in [0, 0.05) is 19.8 Å². The summed E-state index contributed by atoms with van der Waals surface area (Å²) in [5.74, 6) is 0. The second kappa shape index (κ2) is 3.11. The van der Waals surface area contributed by atoms with Crippen LogP contribution in [-0.4, -0.2) is 32.8 Å². The number of hydrogen-bond donors (Lipinski definition) is 1. The Labute approximate surface area is 93.3 Å². The van der Waals surface area contributed by atoms with Gasteiger partial charge in [-0.3, -0.25) is 4.90 Å². The van der Waals surface area contributed by atoms with E-state index in [1.807, 2.05) is 0 Å². The van der Waals surface area contributed by atoms with Gasteiger partial charge in [-0.15, -0.1) is 0 Å². The minimum atomic E-state index is -3.73. The number of carbonyl (C=O) groups is 1. The first-order chi connectivity index (χ1) is 7.35. The summed E-state index contributed by atoms with van der Waals surface area (Å²) < 4.78 is 24.5. The van der Waals surface area contributed by atoms with E-state index in [9.17, 15) is 13.2 Å². The lowest BCUT2D eigenvalue weighted by atomic mass is 10.2. The van der Waals surface area contributed by atoms with Crippen molar-refractivity contribution in [2.45, 2.75) is 4.90 Å². The van der Waals surface area contributed by atoms with Crippen molar-refractivity contribution < 1.29 is 13.2 Å². The maximum atomic E-state index is 11.9. The van der Waals surface area contributed by atoms with E-state index in [4.69, 9.17) is 5.73 Å². The maximum Gasteiger partial charge on any atom is 0.337 e. The van der Waals surface area contributed by atoms with Crippen LogP contribution in [0.4, 0.5) is 16.2 Å². The molecule has 0 unspecified atom stereocenters. The van der Waals surface area contributed by atoms with Gasteiger partial charge in [-0.05, 0) is 18.2 Å². The molecule has 0 aliphatic carbocycles. The van der Waals surface area contributed by atoms with Gasteiger partial charge in [-0.25, -0.2) is 17.5 Å². The highest BCUT2D eigenvalue weighted by Gasteiger charge is 2.37. The molecule has 1 aromatic carbocycles. The lowest BCUT2D eigenvalue weighted by Crippen LogP contribution is -2.46. The predicted octanol–water partition coefficient (Wildman–Crippen LogP) is 0.459. The number of sulfonamides is 1. The minimum Gasteiger partial charge on any atom is -0.399 e. The number of amides is 2. The van der Waals surface area contributed by atoms with Gasteiger partial charge in [0.25, 0.3) is 10.0 Å². The Morgan fingerprint density at radius 2 is 1.88 bits per heavy atom. The summed E-state index contributed by atoms with van der Waals surface area (Å²) in [6.45, 7) is 0. The number of nitrogens with zero attached hydrogens (tertiary/aromatic N) is 2. The highest BCUT2D eigenvalue weighted by Crippen LogP contribution is 2.33. The first-order valence-electron chi connectivity index (χ1n) is 4.52. The molecule has 0 saturated heterocycles. The number of hydrogen-bond acceptors (Lipinski definition) is 4. The minimum absolute atomic E-state index is 0.0892. The smallest absolute Gasteiger partial charge is 0.337 e. The highest BCUT2D eigenvalue weighted by atomic mass is 32.2. The Balaban J connectivity index is 2.79. The zero-order chi connectivity index (χ0) is 12.1. The molecule has 0 spiro atoms. The second-order valence-electron chi connectivity index (χ2n) is 3.54. The van der Waals surface area contributed by atoms with Crippen LogP contribution in [0.25, 0.3) is 0 Å². The van der Waals surface area contributed by atoms with Crippen LogP contribution in [0.1, 0.15) is 0 Å². The molecular weight excluding hydrogens is 230 g/mol. The van der Waals surface area contributed by atoms with Gasteiger partial charge in [-0.1, -0.05) is 0 Å². The summed E-state index contributed by atoms with van der Waals surface area (Å²) in [6.07, 6.45) is 0. The molecule has 1 aliphatic heterocycles. The van der Waals surface area contributed by atoms with Gasteiger partial charge >= 0.3 is 6.03 Å². The quantitative estimate of drug-likeness (QED) is 0.669. The Hall–Kier alpha value is -1.76. The molecule has 2 rings (SSSR count). The summed E-state index contributed by atoms with van der Waals surface area (Å²) in [7, 11) is -0.998. The molecule has 0 bridgehead atoms. The lowest BCUT2D eigenvalue weighted by molar-refractivity contribution is 0.234. The van der Waals surface area contributed by atoms with E-state index in [0.29, 0.717) is 15.7 Å². The van der Waals surface area contributed by atoms with Crippen molar-refractivity contribution in [1.29, 1.82) is 0 Å². The van der Waals surface area contributed by atoms with Gasteiger partial charge in [-0.2, -0.15) is 0 Å². The number of benzene rings is 1. The predicted molar refractivity (Wildman–Crippen MR) is 59.6 cm³/mol. The van der Waals surface area contributed by atoms with Gasteiger partial charge < -0.3 is 5.73 Å². The van der Waals surface area contributed by atoms with Crippen molar-refractivity contribution in [3.8, 4) is 0 Å². The molecule has 1 heterocycles. The van der Waals surface area contributed by atoms with Gasteiger partial charge in [0.2, 0.25) is 0 Å². The highest BCUT2D eigenvalue weighted by molar-refractivity contribution is 7.90. The summed E-state index contributed by atoms with van der Waals surface area (Å²) >= 11 is 0. The average molecular weight is 241 g/mol. The molecule has 0 radical (unpaired) electrons. The standard InChI is InChI=1S/C9H11N3O3S/c1-11-7-5-6(10)3-4-8(7)16(14,15)12(2)9(11)13/h3-5H,10H2,1-2H3. The molecule has 0 fully saturated rings. The number of rotatable bonds is 0. The Kier molecular flexibility index (Phi) is 2.09. The van der Waals surface area contributed by atoms with Crippen LogP contribution in [0.2, 0.25) is 0 Å². The molecule has 0 aromatic heterocycles. The van der Waals surface area contributed by atoms with E-state index in [2.05, 4.69) is 0 Å². The third kappa shape index (κ3) is 1.25. The number of nitrogen functional groups attached to an aromatic ring is 1. The number of fused-ring (bicyclic) bond motifs is 1. The van der Waals surface area contributed by atoms with E-state index >= 15 is 0 Å². The van der Waals surface area contributed by atoms with Crippen LogP contribution < -0.4 is 10.6 Å². The van der Waals surface area contributed by atoms with Crippen LogP contribution in [0.3, 0.4) is 0 Å². The monoisotopic (exact) mass is 241 g/mol. The van der Waals surface area contributed by atoms with Crippen LogP contribution in [0.15, 0.2) is 23.1 Å². The molecule has 0 saturated carbocycles. The Morgan fingerprint density at radius 1 is 1.25 bits per heavy atom. The van der Waals surface area contributed by atoms with Crippen LogP contribution in [-0.2, 0) is 10.0 Å². The van der Waals surface area contributed by atoms with E-state index < -0.39 is 16.1 Å². The molecule has 2 amide bonds. The molecule has 16 heavy (non-hydrogen) atoms. The Morgan fingerprint density at radius 3 is 2.50 bits per heavy atom. The summed E-state index contributed by atoms with van der Waals surface area (Å²) in [5.41, 5.74) is 6.29. The second-order valence-corrected chi connectivity index (χ2v) is 5.48. The van der Waals surface area contributed by atoms with Crippen molar-refractivity contribution in [2.24, 2.45) is 0 Å². The molecule has 1 aromatic rings. The van der Waals surface area contributed by atoms with Crippen molar-refractivity contribution in [1.82, 2.24) is 4.31 Å². The SMILES string of the molecule is CN1C(=O)N(C)S(=O)(=O)c2ccc(N)cc21. The average Bonchev–Trinajstić information content (AvgIpc) is 2.24. The zero-order valence-corrected chi connectivity index (χ0v) is 9.65. The molecule has 2 N–H and O–H groups in total. The van der Waals surface area contributed by atoms with Crippen molar-refractivity contribution in [2.75, 3.05) is 24.7 Å². The molecule has 0 atom stereocenters. The van der Waals surface area contributed by atoms with E-state index in [0.717, 1.165) is 0 Å². The number of urea groups is 1. The fourth-order valence-electron chi connectivity index (χ4n) is 1.58. The van der Waals surface area contributed by atoms with E-state index in [-0.39, 0.29) is 4.90 Å². The number of anilines is 2. The normalized spacial score (nSPS) is 18.5. The number of carbonyl (C=O) groups excluding carboxylic acids is 1. The topological polar surface area (TPSA) is 83.7 Å². The van der Waals surface area contributed by atoms with Gasteiger partial charge in [0.05, 0.1) is 5.69 Å². The van der Waals surface area contributed by atoms with E-state index in [1.165, 1.54) is 37.2 Å². The molecule has 7 heteroatoms. The molecular formula is C9H11N3O3S. The summed E-state index contributed by atoms with van der Waals surface area (Å²) in [4.78, 5) is 13.0. The molecule has 6 nitrogen and oxygen atoms in total. The maximum absolute atomic E-state index is 11.9. The summed E-state index contributed by atoms with van der Waals surface area (Å²) in [5, 5.41) is 0. The van der Waals surface area contributed by atoms with Crippen molar-refractivity contribution in [3.05, 3.63) is 18.2 Å². The van der Waals surface area contributed by atoms with Gasteiger partial charge in [0.15, 0.2) is 0 Å². The fourth-order valence-corrected chi connectivity index (χ4v) is 2.90. The Bertz CT molecular complexity index is 567. The van der Waals surface area contributed by atoms with Crippen LogP contribution in [0, 0.1) is 0 Å². The lowest BCUT2D eigenvalue weighted by Gasteiger charge is -2.31. The van der Waals surface area contributed by atoms with Crippen molar-refractivity contribution >= 4 is 27.4 Å². The van der Waals surface area contributed by atoms with Crippen molar-refractivity contribution in [3.63, 3.8) is 0 Å². The summed E-state index contributed by atoms with van der Waals surface area (Å²) in [6, 6.07) is 3.77. The fraction of sp³-hybridized carbons (Fsp3) is 0.222. The third-order valence-corrected chi connectivity index (χ3v) is 4.32. The first kappa shape index (κ1) is 10.7. The van der Waals surface area contributed by atoms with E-state index in [1.54, 1.807) is 0 Å². The number of nitrogens with two attached hydrogens (primary N) is 1. The third-order valence-electron chi connectivity index (χ3n) is 2.54. The molecule has 1 aliphatic rings.